The quantitative estimate of drug-likeness (QED) is 0.545. The summed E-state index contributed by atoms with van der Waals surface area (Å²) in [6.07, 6.45) is 4.37. The van der Waals surface area contributed by atoms with Gasteiger partial charge in [-0.05, 0) is 44.3 Å². The summed E-state index contributed by atoms with van der Waals surface area (Å²) in [5.41, 5.74) is 0. The number of aliphatic hydroxyl groups excluding tert-OH is 1. The van der Waals surface area contributed by atoms with Crippen molar-refractivity contribution in [1.29, 1.82) is 0 Å². The lowest BCUT2D eigenvalue weighted by atomic mass is 9.95. The maximum atomic E-state index is 12.3. The predicted octanol–water partition coefficient (Wildman–Crippen LogP) is 0.174. The number of amides is 1. The van der Waals surface area contributed by atoms with Gasteiger partial charge < -0.3 is 19.9 Å². The zero-order valence-electron chi connectivity index (χ0n) is 12.9. The first-order chi connectivity index (χ1) is 10.7. The molecule has 3 aliphatic heterocycles. The maximum Gasteiger partial charge on any atom is 0.336 e. The summed E-state index contributed by atoms with van der Waals surface area (Å²) in [6.45, 7) is 2.16. The molecule has 0 aromatic rings. The van der Waals surface area contributed by atoms with E-state index in [1.807, 2.05) is 0 Å². The molecule has 0 radical (unpaired) electrons. The van der Waals surface area contributed by atoms with Crippen molar-refractivity contribution < 1.29 is 24.2 Å². The second-order valence-corrected chi connectivity index (χ2v) is 5.92. The van der Waals surface area contributed by atoms with Crippen LogP contribution in [-0.4, -0.2) is 60.5 Å². The Morgan fingerprint density at radius 1 is 1.43 bits per heavy atom. The topological polar surface area (TPSA) is 88.1 Å². The summed E-state index contributed by atoms with van der Waals surface area (Å²) in [6, 6.07) is -0.827. The molecular weight excluding hydrogens is 324 g/mol. The molecule has 130 valence electrons. The van der Waals surface area contributed by atoms with Crippen LogP contribution in [0.4, 0.5) is 0 Å². The van der Waals surface area contributed by atoms with Crippen LogP contribution in [0.5, 0.6) is 0 Å². The number of aliphatic hydroxyl groups is 1. The van der Waals surface area contributed by atoms with Gasteiger partial charge >= 0.3 is 5.97 Å². The fourth-order valence-corrected chi connectivity index (χ4v) is 3.22. The number of fused-ring (bicyclic) bond motifs is 1. The highest BCUT2D eigenvalue weighted by molar-refractivity contribution is 5.91. The molecule has 23 heavy (non-hydrogen) atoms. The van der Waals surface area contributed by atoms with Crippen molar-refractivity contribution in [2.75, 3.05) is 26.3 Å². The van der Waals surface area contributed by atoms with Gasteiger partial charge in [0.25, 0.3) is 0 Å². The summed E-state index contributed by atoms with van der Waals surface area (Å²) >= 11 is 0. The number of hydrogen-bond donors (Lipinski definition) is 2. The van der Waals surface area contributed by atoms with E-state index in [0.29, 0.717) is 18.3 Å². The van der Waals surface area contributed by atoms with Gasteiger partial charge in [-0.2, -0.15) is 0 Å². The Balaban J connectivity index is 0.00000192. The van der Waals surface area contributed by atoms with E-state index in [9.17, 15) is 9.59 Å². The van der Waals surface area contributed by atoms with Gasteiger partial charge in [-0.3, -0.25) is 9.69 Å². The fourth-order valence-electron chi connectivity index (χ4n) is 3.22. The second kappa shape index (κ2) is 7.99. The molecule has 0 aromatic carbocycles. The Morgan fingerprint density at radius 3 is 2.83 bits per heavy atom. The average molecular weight is 347 g/mol. The number of rotatable bonds is 5. The van der Waals surface area contributed by atoms with E-state index in [-0.39, 0.29) is 37.6 Å². The molecule has 3 heterocycles. The number of nitrogens with zero attached hydrogens (tertiary/aromatic N) is 1. The van der Waals surface area contributed by atoms with Crippen LogP contribution < -0.4 is 5.32 Å². The van der Waals surface area contributed by atoms with Crippen LogP contribution in [0.1, 0.15) is 25.7 Å². The summed E-state index contributed by atoms with van der Waals surface area (Å²) in [4.78, 5) is 25.3. The third kappa shape index (κ3) is 3.79. The molecule has 2 N–H and O–H groups in total. The number of halogens is 1. The molecule has 0 unspecified atom stereocenters. The number of esters is 1. The Labute approximate surface area is 141 Å². The van der Waals surface area contributed by atoms with Crippen molar-refractivity contribution in [3.8, 4) is 0 Å². The van der Waals surface area contributed by atoms with Gasteiger partial charge in [-0.25, -0.2) is 4.79 Å². The van der Waals surface area contributed by atoms with Crippen LogP contribution in [0, 0.1) is 5.92 Å². The molecule has 0 aromatic heterocycles. The minimum Gasteiger partial charge on any atom is -0.472 e. The molecule has 8 heteroatoms. The zero-order valence-corrected chi connectivity index (χ0v) is 13.7. The van der Waals surface area contributed by atoms with Gasteiger partial charge in [0, 0.05) is 0 Å². The molecule has 0 saturated carbocycles. The molecule has 0 bridgehead atoms. The highest BCUT2D eigenvalue weighted by Gasteiger charge is 2.54. The Hall–Kier alpha value is -1.31. The van der Waals surface area contributed by atoms with E-state index in [2.05, 4.69) is 5.32 Å². The molecule has 0 spiro atoms. The van der Waals surface area contributed by atoms with E-state index in [4.69, 9.17) is 14.6 Å². The highest BCUT2D eigenvalue weighted by atomic mass is 35.5. The van der Waals surface area contributed by atoms with Gasteiger partial charge in [-0.1, -0.05) is 0 Å². The maximum absolute atomic E-state index is 12.3. The molecule has 0 aliphatic carbocycles. The normalized spacial score (nSPS) is 28.7. The Kier molecular flexibility index (Phi) is 6.26. The summed E-state index contributed by atoms with van der Waals surface area (Å²) < 4.78 is 10.8. The molecule has 3 fully saturated rings. The average Bonchev–Trinajstić information content (AvgIpc) is 2.81. The van der Waals surface area contributed by atoms with E-state index >= 15 is 0 Å². The monoisotopic (exact) mass is 346 g/mol. The van der Waals surface area contributed by atoms with E-state index in [1.165, 1.54) is 11.0 Å². The summed E-state index contributed by atoms with van der Waals surface area (Å²) in [5.74, 6) is 0.320. The van der Waals surface area contributed by atoms with Crippen molar-refractivity contribution in [2.24, 2.45) is 5.92 Å². The third-order valence-corrected chi connectivity index (χ3v) is 4.51. The van der Waals surface area contributed by atoms with Gasteiger partial charge in [0.15, 0.2) is 12.3 Å². The Morgan fingerprint density at radius 2 is 2.17 bits per heavy atom. The van der Waals surface area contributed by atoms with Gasteiger partial charge in [0.2, 0.25) is 5.91 Å². The van der Waals surface area contributed by atoms with Crippen LogP contribution >= 0.6 is 12.4 Å². The fraction of sp³-hybridized carbons (Fsp3) is 0.733. The Bertz CT molecular complexity index is 478. The number of carbonyl (C=O) groups is 2. The van der Waals surface area contributed by atoms with Crippen molar-refractivity contribution in [2.45, 2.75) is 38.0 Å². The van der Waals surface area contributed by atoms with Crippen molar-refractivity contribution >= 4 is 24.3 Å². The van der Waals surface area contributed by atoms with Gasteiger partial charge in [0.05, 0.1) is 19.6 Å². The number of ether oxygens (including phenoxy) is 2. The molecule has 3 aliphatic rings. The number of piperidine rings is 1. The van der Waals surface area contributed by atoms with Crippen LogP contribution in [0.15, 0.2) is 11.8 Å². The van der Waals surface area contributed by atoms with Gasteiger partial charge in [-0.15, -0.1) is 12.4 Å². The predicted molar refractivity (Wildman–Crippen MR) is 83.7 cm³/mol. The second-order valence-electron chi connectivity index (χ2n) is 5.92. The first-order valence-corrected chi connectivity index (χ1v) is 7.87. The lowest BCUT2D eigenvalue weighted by molar-refractivity contribution is -0.165. The number of β-lactam (4-membered cyclic amide) rings is 1. The van der Waals surface area contributed by atoms with Crippen molar-refractivity contribution in [3.63, 3.8) is 0 Å². The molecule has 7 nitrogen and oxygen atoms in total. The van der Waals surface area contributed by atoms with Gasteiger partial charge in [0.1, 0.15) is 5.76 Å². The number of hydrogen-bond acceptors (Lipinski definition) is 6. The van der Waals surface area contributed by atoms with Crippen LogP contribution in [0.25, 0.3) is 0 Å². The molecule has 3 rings (SSSR count). The van der Waals surface area contributed by atoms with Crippen LogP contribution in [0.2, 0.25) is 0 Å². The highest BCUT2D eigenvalue weighted by Crippen LogP contribution is 2.36. The lowest BCUT2D eigenvalue weighted by Crippen LogP contribution is -2.55. The van der Waals surface area contributed by atoms with Crippen molar-refractivity contribution in [1.82, 2.24) is 10.2 Å². The third-order valence-electron chi connectivity index (χ3n) is 4.51. The number of nitrogens with one attached hydrogen (secondary N) is 1. The smallest absolute Gasteiger partial charge is 0.336 e. The van der Waals surface area contributed by atoms with Crippen LogP contribution in [-0.2, 0) is 19.1 Å². The minimum atomic E-state index is -0.827. The minimum absolute atomic E-state index is 0. The lowest BCUT2D eigenvalue weighted by Gasteiger charge is -2.33. The van der Waals surface area contributed by atoms with E-state index in [0.717, 1.165) is 32.4 Å². The van der Waals surface area contributed by atoms with E-state index < -0.39 is 12.0 Å². The molecule has 1 amide bonds. The largest absolute Gasteiger partial charge is 0.472 e. The SMILES string of the molecule is Cl.O=C(OCCC1CCNCC1)[C@H]1/C(=C/CO)O[C@@H]2CC(=O)N21. The van der Waals surface area contributed by atoms with E-state index in [1.54, 1.807) is 0 Å². The first-order valence-electron chi connectivity index (χ1n) is 7.87. The number of carbonyl (C=O) groups excluding carboxylic acids is 2. The van der Waals surface area contributed by atoms with Crippen LogP contribution in [0.3, 0.4) is 0 Å². The zero-order chi connectivity index (χ0) is 15.5. The summed E-state index contributed by atoms with van der Waals surface area (Å²) in [7, 11) is 0. The molecule has 2 atom stereocenters. The molecular formula is C15H23ClN2O5. The summed E-state index contributed by atoms with van der Waals surface area (Å²) in [5, 5.41) is 12.3. The standard InChI is InChI=1S/C15H22N2O5.ClH/c18-7-3-11-14(17-12(19)9-13(17)22-11)15(20)21-8-4-10-1-5-16-6-2-10;/h3,10,13-14,16,18H,1-2,4-9H2;1H/b11-3-;/t13-,14-;/m1./s1. The first kappa shape index (κ1) is 18.0. The van der Waals surface area contributed by atoms with Crippen molar-refractivity contribution in [3.05, 3.63) is 11.8 Å². The molecule has 3 saturated heterocycles.